The number of rotatable bonds is 5. The van der Waals surface area contributed by atoms with Gasteiger partial charge in [-0.05, 0) is 126 Å². The van der Waals surface area contributed by atoms with Gasteiger partial charge >= 0.3 is 6.03 Å². The fraction of sp³-hybridized carbons (Fsp3) is 0.414. The summed E-state index contributed by atoms with van der Waals surface area (Å²) < 4.78 is 5.81. The summed E-state index contributed by atoms with van der Waals surface area (Å²) >= 11 is 3.27. The number of barbiturate groups is 1. The number of phenols is 1. The predicted molar refractivity (Wildman–Crippen MR) is 142 cm³/mol. The van der Waals surface area contributed by atoms with Gasteiger partial charge in [-0.2, -0.15) is 0 Å². The standard InChI is InChI=1S/C29H29BrN2O5/c1-2-37-24-12-16(11-23(30)25(24)33)10-22-26(34)31-28(36)32(27(22)35)21-5-3-20(4-6-21)29-13-17-7-18(14-29)9-19(8-17)15-29/h3-6,10-12,17-19,33H,2,7-9,13-15H2,1H3,(H,31,34,36)/b22-10+. The van der Waals surface area contributed by atoms with Crippen molar-refractivity contribution in [3.05, 3.63) is 57.6 Å². The van der Waals surface area contributed by atoms with E-state index in [1.165, 1.54) is 56.2 Å². The number of amides is 4. The Labute approximate surface area is 224 Å². The number of anilines is 1. The van der Waals surface area contributed by atoms with Gasteiger partial charge in [0.1, 0.15) is 5.57 Å². The Morgan fingerprint density at radius 1 is 1.05 bits per heavy atom. The summed E-state index contributed by atoms with van der Waals surface area (Å²) in [4.78, 5) is 39.8. The molecule has 0 atom stereocenters. The summed E-state index contributed by atoms with van der Waals surface area (Å²) in [6, 6.07) is 10.1. The van der Waals surface area contributed by atoms with Crippen LogP contribution in [-0.2, 0) is 15.0 Å². The molecule has 0 spiro atoms. The third-order valence-corrected chi connectivity index (χ3v) is 9.14. The molecule has 1 heterocycles. The number of carbonyl (C=O) groups excluding carboxylic acids is 3. The first-order valence-electron chi connectivity index (χ1n) is 12.9. The number of nitrogens with zero attached hydrogens (tertiary/aromatic N) is 1. The molecule has 1 saturated heterocycles. The Hall–Kier alpha value is -3.13. The highest BCUT2D eigenvalue weighted by molar-refractivity contribution is 9.10. The number of carbonyl (C=O) groups is 3. The van der Waals surface area contributed by atoms with Crippen LogP contribution in [0.1, 0.15) is 56.6 Å². The second-order valence-electron chi connectivity index (χ2n) is 11.0. The van der Waals surface area contributed by atoms with E-state index in [0.717, 1.165) is 22.7 Å². The van der Waals surface area contributed by atoms with E-state index in [1.54, 1.807) is 13.0 Å². The summed E-state index contributed by atoms with van der Waals surface area (Å²) in [6.07, 6.45) is 9.19. The highest BCUT2D eigenvalue weighted by atomic mass is 79.9. The zero-order valence-corrected chi connectivity index (χ0v) is 22.2. The van der Waals surface area contributed by atoms with Crippen LogP contribution in [0, 0.1) is 17.8 Å². The normalized spacial score (nSPS) is 29.7. The topological polar surface area (TPSA) is 95.9 Å². The van der Waals surface area contributed by atoms with E-state index in [-0.39, 0.29) is 22.5 Å². The smallest absolute Gasteiger partial charge is 0.335 e. The Morgan fingerprint density at radius 3 is 2.27 bits per heavy atom. The van der Waals surface area contributed by atoms with E-state index in [0.29, 0.717) is 22.3 Å². The summed E-state index contributed by atoms with van der Waals surface area (Å²) in [5.74, 6) is 1.16. The van der Waals surface area contributed by atoms with Crippen molar-refractivity contribution in [2.24, 2.45) is 17.8 Å². The molecule has 2 aromatic carbocycles. The molecule has 37 heavy (non-hydrogen) atoms. The highest BCUT2D eigenvalue weighted by Gasteiger charge is 2.51. The lowest BCUT2D eigenvalue weighted by Crippen LogP contribution is -2.54. The summed E-state index contributed by atoms with van der Waals surface area (Å²) in [5, 5.41) is 12.5. The molecule has 192 valence electrons. The van der Waals surface area contributed by atoms with Gasteiger partial charge in [0, 0.05) is 0 Å². The number of hydrogen-bond acceptors (Lipinski definition) is 5. The van der Waals surface area contributed by atoms with Crippen LogP contribution in [-0.4, -0.2) is 29.6 Å². The van der Waals surface area contributed by atoms with Gasteiger partial charge in [0.2, 0.25) is 0 Å². The number of aromatic hydroxyl groups is 1. The minimum absolute atomic E-state index is 0.0701. The number of phenolic OH excluding ortho intramolecular Hbond substituents is 1. The van der Waals surface area contributed by atoms with Gasteiger partial charge in [-0.1, -0.05) is 12.1 Å². The first-order chi connectivity index (χ1) is 17.8. The van der Waals surface area contributed by atoms with Gasteiger partial charge in [0.05, 0.1) is 16.8 Å². The molecule has 5 fully saturated rings. The molecule has 7 rings (SSSR count). The quantitative estimate of drug-likeness (QED) is 0.359. The highest BCUT2D eigenvalue weighted by Crippen LogP contribution is 2.60. The molecular weight excluding hydrogens is 536 g/mol. The lowest BCUT2D eigenvalue weighted by Gasteiger charge is -2.57. The fourth-order valence-electron chi connectivity index (χ4n) is 7.43. The average Bonchev–Trinajstić information content (AvgIpc) is 2.84. The zero-order valence-electron chi connectivity index (χ0n) is 20.6. The third-order valence-electron chi connectivity index (χ3n) is 8.54. The minimum atomic E-state index is -0.767. The van der Waals surface area contributed by atoms with Gasteiger partial charge in [-0.15, -0.1) is 0 Å². The number of halogens is 1. The van der Waals surface area contributed by atoms with Gasteiger partial charge in [-0.3, -0.25) is 14.9 Å². The molecule has 4 aliphatic carbocycles. The van der Waals surface area contributed by atoms with Crippen LogP contribution in [0.5, 0.6) is 11.5 Å². The van der Waals surface area contributed by atoms with E-state index in [9.17, 15) is 19.5 Å². The van der Waals surface area contributed by atoms with E-state index < -0.39 is 17.8 Å². The lowest BCUT2D eigenvalue weighted by molar-refractivity contribution is -0.122. The molecule has 7 nitrogen and oxygen atoms in total. The van der Waals surface area contributed by atoms with E-state index in [2.05, 4.69) is 33.4 Å². The predicted octanol–water partition coefficient (Wildman–Crippen LogP) is 5.69. The van der Waals surface area contributed by atoms with Crippen LogP contribution in [0.25, 0.3) is 6.08 Å². The first kappa shape index (κ1) is 24.2. The van der Waals surface area contributed by atoms with Crippen LogP contribution < -0.4 is 15.0 Å². The molecule has 0 radical (unpaired) electrons. The maximum atomic E-state index is 13.4. The van der Waals surface area contributed by atoms with Crippen molar-refractivity contribution < 1.29 is 24.2 Å². The van der Waals surface area contributed by atoms with Crippen LogP contribution in [0.4, 0.5) is 10.5 Å². The van der Waals surface area contributed by atoms with Gasteiger partial charge < -0.3 is 9.84 Å². The van der Waals surface area contributed by atoms with Gasteiger partial charge in [-0.25, -0.2) is 9.69 Å². The second-order valence-corrected chi connectivity index (χ2v) is 11.8. The third kappa shape index (κ3) is 4.15. The molecule has 2 aromatic rings. The maximum absolute atomic E-state index is 13.4. The Bertz CT molecular complexity index is 1300. The Balaban J connectivity index is 1.29. The monoisotopic (exact) mass is 564 g/mol. The summed E-state index contributed by atoms with van der Waals surface area (Å²) in [6.45, 7) is 2.12. The van der Waals surface area contributed by atoms with Crippen LogP contribution in [0.3, 0.4) is 0 Å². The number of benzene rings is 2. The fourth-order valence-corrected chi connectivity index (χ4v) is 7.89. The Morgan fingerprint density at radius 2 is 1.68 bits per heavy atom. The largest absolute Gasteiger partial charge is 0.503 e. The van der Waals surface area contributed by atoms with Crippen LogP contribution in [0.2, 0.25) is 0 Å². The number of hydrogen-bond donors (Lipinski definition) is 2. The molecule has 0 unspecified atom stereocenters. The van der Waals surface area contributed by atoms with Crippen molar-refractivity contribution in [2.75, 3.05) is 11.5 Å². The summed E-state index contributed by atoms with van der Waals surface area (Å²) in [5.41, 5.74) is 2.23. The number of ether oxygens (including phenoxy) is 1. The number of imide groups is 2. The van der Waals surface area contributed by atoms with Crippen molar-refractivity contribution in [3.63, 3.8) is 0 Å². The molecule has 4 saturated carbocycles. The maximum Gasteiger partial charge on any atom is 0.335 e. The molecule has 4 bridgehead atoms. The minimum Gasteiger partial charge on any atom is -0.503 e. The molecular formula is C29H29BrN2O5. The molecule has 8 heteroatoms. The average molecular weight is 565 g/mol. The van der Waals surface area contributed by atoms with Crippen molar-refractivity contribution in [1.29, 1.82) is 0 Å². The molecule has 0 aromatic heterocycles. The zero-order chi connectivity index (χ0) is 25.9. The molecule has 4 amide bonds. The van der Waals surface area contributed by atoms with Crippen molar-refractivity contribution in [2.45, 2.75) is 50.9 Å². The van der Waals surface area contributed by atoms with Crippen molar-refractivity contribution >= 4 is 45.5 Å². The first-order valence-corrected chi connectivity index (χ1v) is 13.7. The molecule has 5 aliphatic rings. The second kappa shape index (κ2) is 9.01. The molecule has 1 aliphatic heterocycles. The van der Waals surface area contributed by atoms with Gasteiger partial charge in [0.15, 0.2) is 11.5 Å². The van der Waals surface area contributed by atoms with Crippen LogP contribution in [0.15, 0.2) is 46.4 Å². The van der Waals surface area contributed by atoms with Crippen molar-refractivity contribution in [1.82, 2.24) is 5.32 Å². The van der Waals surface area contributed by atoms with E-state index in [4.69, 9.17) is 4.74 Å². The number of nitrogens with one attached hydrogen (secondary N) is 1. The van der Waals surface area contributed by atoms with E-state index >= 15 is 0 Å². The van der Waals surface area contributed by atoms with E-state index in [1.807, 2.05) is 12.1 Å². The lowest BCUT2D eigenvalue weighted by atomic mass is 9.48. The number of urea groups is 1. The van der Waals surface area contributed by atoms with Crippen LogP contribution >= 0.6 is 15.9 Å². The SMILES string of the molecule is CCOc1cc(/C=C2\C(=O)NC(=O)N(c3ccc(C45CC6CC(CC(C6)C4)C5)cc3)C2=O)cc(Br)c1O. The Kier molecular flexibility index (Phi) is 5.90. The van der Waals surface area contributed by atoms with Crippen molar-refractivity contribution in [3.8, 4) is 11.5 Å². The molecule has 2 N–H and O–H groups in total. The van der Waals surface area contributed by atoms with Gasteiger partial charge in [0.25, 0.3) is 11.8 Å². The summed E-state index contributed by atoms with van der Waals surface area (Å²) in [7, 11) is 0.